The van der Waals surface area contributed by atoms with E-state index in [0.29, 0.717) is 11.8 Å². The van der Waals surface area contributed by atoms with Crippen LogP contribution in [0.15, 0.2) is 6.33 Å². The Balaban J connectivity index is 1.65. The molecule has 1 saturated heterocycles. The van der Waals surface area contributed by atoms with Gasteiger partial charge in [0.15, 0.2) is 0 Å². The van der Waals surface area contributed by atoms with Gasteiger partial charge < -0.3 is 9.47 Å². The van der Waals surface area contributed by atoms with Crippen molar-refractivity contribution in [2.75, 3.05) is 18.0 Å². The minimum Gasteiger partial charge on any atom is -0.347 e. The molecule has 1 fully saturated rings. The SMILES string of the molecule is CC(C)c1nsc(N2CCC(c3nncn3C)CC2)n1. The zero-order chi connectivity index (χ0) is 14.1. The maximum Gasteiger partial charge on any atom is 0.205 e. The first-order chi connectivity index (χ1) is 9.65. The fraction of sp³-hybridized carbons (Fsp3) is 0.692. The van der Waals surface area contributed by atoms with E-state index in [1.54, 1.807) is 6.33 Å². The molecule has 0 N–H and O–H groups in total. The molecule has 3 rings (SSSR count). The molecule has 0 spiro atoms. The molecular formula is C13H20N6S. The fourth-order valence-electron chi connectivity index (χ4n) is 2.58. The first-order valence-corrected chi connectivity index (χ1v) is 7.85. The van der Waals surface area contributed by atoms with Crippen molar-refractivity contribution in [2.45, 2.75) is 38.5 Å². The van der Waals surface area contributed by atoms with Crippen LogP contribution in [0.3, 0.4) is 0 Å². The second kappa shape index (κ2) is 5.47. The second-order valence-electron chi connectivity index (χ2n) is 5.65. The van der Waals surface area contributed by atoms with Crippen molar-refractivity contribution < 1.29 is 0 Å². The molecule has 2 aromatic rings. The molecule has 0 aliphatic carbocycles. The average Bonchev–Trinajstić information content (AvgIpc) is 3.07. The first-order valence-electron chi connectivity index (χ1n) is 7.07. The third-order valence-corrected chi connectivity index (χ3v) is 4.62. The second-order valence-corrected chi connectivity index (χ2v) is 6.38. The molecule has 0 atom stereocenters. The van der Waals surface area contributed by atoms with E-state index in [1.807, 2.05) is 11.6 Å². The van der Waals surface area contributed by atoms with Crippen LogP contribution in [0, 0.1) is 0 Å². The Morgan fingerprint density at radius 2 is 2.05 bits per heavy atom. The fourth-order valence-corrected chi connectivity index (χ4v) is 3.44. The molecule has 6 nitrogen and oxygen atoms in total. The van der Waals surface area contributed by atoms with Crippen LogP contribution in [0.25, 0.3) is 0 Å². The van der Waals surface area contributed by atoms with Crippen molar-refractivity contribution in [2.24, 2.45) is 7.05 Å². The molecule has 1 aliphatic heterocycles. The summed E-state index contributed by atoms with van der Waals surface area (Å²) in [6, 6.07) is 0. The van der Waals surface area contributed by atoms with E-state index in [1.165, 1.54) is 11.5 Å². The van der Waals surface area contributed by atoms with Crippen LogP contribution in [0.5, 0.6) is 0 Å². The van der Waals surface area contributed by atoms with Gasteiger partial charge in [-0.1, -0.05) is 13.8 Å². The maximum atomic E-state index is 4.64. The lowest BCUT2D eigenvalue weighted by atomic mass is 9.96. The summed E-state index contributed by atoms with van der Waals surface area (Å²) in [5, 5.41) is 9.27. The minimum atomic E-state index is 0.399. The first kappa shape index (κ1) is 13.5. The number of nitrogens with zero attached hydrogens (tertiary/aromatic N) is 6. The summed E-state index contributed by atoms with van der Waals surface area (Å²) in [7, 11) is 2.02. The number of anilines is 1. The van der Waals surface area contributed by atoms with Crippen LogP contribution < -0.4 is 4.90 Å². The van der Waals surface area contributed by atoms with Crippen LogP contribution in [-0.4, -0.2) is 37.2 Å². The van der Waals surface area contributed by atoms with Crippen molar-refractivity contribution in [1.29, 1.82) is 0 Å². The van der Waals surface area contributed by atoms with Gasteiger partial charge in [0.2, 0.25) is 5.13 Å². The van der Waals surface area contributed by atoms with Crippen LogP contribution in [0.2, 0.25) is 0 Å². The maximum absolute atomic E-state index is 4.64. The number of aryl methyl sites for hydroxylation is 1. The topological polar surface area (TPSA) is 59.7 Å². The van der Waals surface area contributed by atoms with Gasteiger partial charge in [0.25, 0.3) is 0 Å². The molecule has 2 aromatic heterocycles. The van der Waals surface area contributed by atoms with Gasteiger partial charge in [-0.25, -0.2) is 4.98 Å². The zero-order valence-electron chi connectivity index (χ0n) is 12.2. The molecule has 0 amide bonds. The lowest BCUT2D eigenvalue weighted by Gasteiger charge is -2.30. The van der Waals surface area contributed by atoms with Crippen molar-refractivity contribution >= 4 is 16.7 Å². The average molecular weight is 292 g/mol. The summed E-state index contributed by atoms with van der Waals surface area (Å²) in [6.07, 6.45) is 3.98. The summed E-state index contributed by atoms with van der Waals surface area (Å²) in [6.45, 7) is 6.30. The highest BCUT2D eigenvalue weighted by Gasteiger charge is 2.25. The molecule has 7 heteroatoms. The smallest absolute Gasteiger partial charge is 0.205 e. The summed E-state index contributed by atoms with van der Waals surface area (Å²) < 4.78 is 6.47. The van der Waals surface area contributed by atoms with Gasteiger partial charge in [-0.05, 0) is 12.8 Å². The highest BCUT2D eigenvalue weighted by atomic mass is 32.1. The summed E-state index contributed by atoms with van der Waals surface area (Å²) in [5.74, 6) is 2.97. The van der Waals surface area contributed by atoms with E-state index in [-0.39, 0.29) is 0 Å². The Hall–Kier alpha value is -1.50. The lowest BCUT2D eigenvalue weighted by Crippen LogP contribution is -2.33. The minimum absolute atomic E-state index is 0.399. The summed E-state index contributed by atoms with van der Waals surface area (Å²) >= 11 is 1.52. The van der Waals surface area contributed by atoms with Crippen LogP contribution in [0.1, 0.15) is 50.2 Å². The molecule has 108 valence electrons. The van der Waals surface area contributed by atoms with E-state index >= 15 is 0 Å². The van der Waals surface area contributed by atoms with Gasteiger partial charge in [-0.2, -0.15) is 4.37 Å². The van der Waals surface area contributed by atoms with Gasteiger partial charge in [-0.3, -0.25) is 0 Å². The Bertz CT molecular complexity index is 567. The van der Waals surface area contributed by atoms with E-state index in [2.05, 4.69) is 38.3 Å². The van der Waals surface area contributed by atoms with Crippen molar-refractivity contribution in [3.63, 3.8) is 0 Å². The lowest BCUT2D eigenvalue weighted by molar-refractivity contribution is 0.473. The summed E-state index contributed by atoms with van der Waals surface area (Å²) in [4.78, 5) is 6.98. The molecule has 0 unspecified atom stereocenters. The van der Waals surface area contributed by atoms with Gasteiger partial charge in [0, 0.05) is 43.5 Å². The Kier molecular flexibility index (Phi) is 3.69. The molecule has 20 heavy (non-hydrogen) atoms. The Morgan fingerprint density at radius 3 is 2.60 bits per heavy atom. The number of hydrogen-bond donors (Lipinski definition) is 0. The van der Waals surface area contributed by atoms with Crippen LogP contribution >= 0.6 is 11.5 Å². The third-order valence-electron chi connectivity index (χ3n) is 3.82. The summed E-state index contributed by atoms with van der Waals surface area (Å²) in [5.41, 5.74) is 0. The van der Waals surface area contributed by atoms with Crippen LogP contribution in [-0.2, 0) is 7.05 Å². The monoisotopic (exact) mass is 292 g/mol. The van der Waals surface area contributed by atoms with Gasteiger partial charge >= 0.3 is 0 Å². The Labute approximate surface area is 123 Å². The van der Waals surface area contributed by atoms with E-state index in [4.69, 9.17) is 0 Å². The highest BCUT2D eigenvalue weighted by Crippen LogP contribution is 2.30. The van der Waals surface area contributed by atoms with Crippen LogP contribution in [0.4, 0.5) is 5.13 Å². The van der Waals surface area contributed by atoms with E-state index < -0.39 is 0 Å². The molecule has 0 radical (unpaired) electrons. The number of hydrogen-bond acceptors (Lipinski definition) is 6. The van der Waals surface area contributed by atoms with E-state index in [9.17, 15) is 0 Å². The standard InChI is InChI=1S/C13H20N6S/c1-9(2)11-15-13(20-17-11)19-6-4-10(5-7-19)12-16-14-8-18(12)3/h8-10H,4-7H2,1-3H3. The largest absolute Gasteiger partial charge is 0.347 e. The predicted octanol–water partition coefficient (Wildman–Crippen LogP) is 2.17. The van der Waals surface area contributed by atoms with Gasteiger partial charge in [0.1, 0.15) is 18.0 Å². The molecule has 0 bridgehead atoms. The molecular weight excluding hydrogens is 272 g/mol. The van der Waals surface area contributed by atoms with Crippen molar-refractivity contribution in [1.82, 2.24) is 24.1 Å². The van der Waals surface area contributed by atoms with Gasteiger partial charge in [0.05, 0.1) is 0 Å². The van der Waals surface area contributed by atoms with E-state index in [0.717, 1.165) is 42.7 Å². The number of piperidine rings is 1. The zero-order valence-corrected chi connectivity index (χ0v) is 13.0. The third kappa shape index (κ3) is 2.54. The predicted molar refractivity (Wildman–Crippen MR) is 79.2 cm³/mol. The molecule has 3 heterocycles. The Morgan fingerprint density at radius 1 is 1.30 bits per heavy atom. The van der Waals surface area contributed by atoms with Crippen molar-refractivity contribution in [3.8, 4) is 0 Å². The van der Waals surface area contributed by atoms with Gasteiger partial charge in [-0.15, -0.1) is 10.2 Å². The number of aromatic nitrogens is 5. The molecule has 0 aromatic carbocycles. The van der Waals surface area contributed by atoms with Crippen molar-refractivity contribution in [3.05, 3.63) is 18.0 Å². The normalized spacial score (nSPS) is 17.1. The number of rotatable bonds is 3. The highest BCUT2D eigenvalue weighted by molar-refractivity contribution is 7.09. The quantitative estimate of drug-likeness (QED) is 0.867. The molecule has 1 aliphatic rings. The molecule has 0 saturated carbocycles.